The van der Waals surface area contributed by atoms with Crippen LogP contribution < -0.4 is 5.32 Å². The maximum atomic E-state index is 12.6. The molecule has 0 radical (unpaired) electrons. The second kappa shape index (κ2) is 8.35. The molecule has 1 aliphatic rings. The van der Waals surface area contributed by atoms with Crippen LogP contribution in [0.15, 0.2) is 36.5 Å². The van der Waals surface area contributed by atoms with E-state index in [0.29, 0.717) is 18.7 Å². The SMILES string of the molecule is CCN(CC(=O)O)C1CC(NC(=O)c2cnn(Cc3ccccc3)c2C)C1. The van der Waals surface area contributed by atoms with Crippen LogP contribution in [0.4, 0.5) is 0 Å². The van der Waals surface area contributed by atoms with Crippen molar-refractivity contribution in [3.8, 4) is 0 Å². The van der Waals surface area contributed by atoms with E-state index in [4.69, 9.17) is 5.11 Å². The summed E-state index contributed by atoms with van der Waals surface area (Å²) in [6.45, 7) is 5.24. The zero-order valence-corrected chi connectivity index (χ0v) is 15.8. The quantitative estimate of drug-likeness (QED) is 0.741. The predicted molar refractivity (Wildman–Crippen MR) is 102 cm³/mol. The highest BCUT2D eigenvalue weighted by Gasteiger charge is 2.35. The fourth-order valence-electron chi connectivity index (χ4n) is 3.52. The van der Waals surface area contributed by atoms with Crippen LogP contribution in [-0.4, -0.2) is 56.8 Å². The lowest BCUT2D eigenvalue weighted by atomic mass is 9.85. The minimum Gasteiger partial charge on any atom is -0.480 e. The van der Waals surface area contributed by atoms with Gasteiger partial charge in [-0.2, -0.15) is 5.10 Å². The molecule has 0 bridgehead atoms. The van der Waals surface area contributed by atoms with Gasteiger partial charge in [-0.1, -0.05) is 37.3 Å². The number of benzene rings is 1. The van der Waals surface area contributed by atoms with Crippen LogP contribution in [0.1, 0.15) is 41.4 Å². The lowest BCUT2D eigenvalue weighted by molar-refractivity contribution is -0.139. The highest BCUT2D eigenvalue weighted by atomic mass is 16.4. The molecule has 0 aliphatic heterocycles. The number of carbonyl (C=O) groups is 2. The van der Waals surface area contributed by atoms with E-state index in [9.17, 15) is 9.59 Å². The van der Waals surface area contributed by atoms with Crippen molar-refractivity contribution in [2.45, 2.75) is 45.3 Å². The van der Waals surface area contributed by atoms with Gasteiger partial charge in [0.05, 0.1) is 24.8 Å². The van der Waals surface area contributed by atoms with E-state index in [1.165, 1.54) is 0 Å². The van der Waals surface area contributed by atoms with E-state index in [1.54, 1.807) is 6.20 Å². The first-order valence-electron chi connectivity index (χ1n) is 9.31. The Morgan fingerprint density at radius 2 is 2.00 bits per heavy atom. The molecule has 1 fully saturated rings. The zero-order chi connectivity index (χ0) is 19.4. The van der Waals surface area contributed by atoms with Crippen molar-refractivity contribution < 1.29 is 14.7 Å². The second-order valence-electron chi connectivity index (χ2n) is 7.04. The number of carbonyl (C=O) groups excluding carboxylic acids is 1. The summed E-state index contributed by atoms with van der Waals surface area (Å²) in [4.78, 5) is 25.4. The number of nitrogens with zero attached hydrogens (tertiary/aromatic N) is 3. The number of nitrogens with one attached hydrogen (secondary N) is 1. The molecule has 1 aromatic heterocycles. The number of aliphatic carboxylic acids is 1. The summed E-state index contributed by atoms with van der Waals surface area (Å²) in [5.74, 6) is -0.928. The summed E-state index contributed by atoms with van der Waals surface area (Å²) in [5.41, 5.74) is 2.57. The van der Waals surface area contributed by atoms with Crippen molar-refractivity contribution in [3.63, 3.8) is 0 Å². The zero-order valence-electron chi connectivity index (χ0n) is 15.8. The Kier molecular flexibility index (Phi) is 5.91. The number of rotatable bonds is 8. The van der Waals surface area contributed by atoms with Crippen molar-refractivity contribution in [1.29, 1.82) is 0 Å². The minimum absolute atomic E-state index is 0.0488. The highest BCUT2D eigenvalue weighted by molar-refractivity contribution is 5.95. The monoisotopic (exact) mass is 370 g/mol. The number of hydrogen-bond donors (Lipinski definition) is 2. The Morgan fingerprint density at radius 3 is 2.63 bits per heavy atom. The summed E-state index contributed by atoms with van der Waals surface area (Å²) in [6.07, 6.45) is 3.18. The molecular formula is C20H26N4O3. The van der Waals surface area contributed by atoms with Crippen LogP contribution in [0, 0.1) is 6.92 Å². The first-order valence-corrected chi connectivity index (χ1v) is 9.31. The van der Waals surface area contributed by atoms with Gasteiger partial charge in [0.2, 0.25) is 0 Å². The minimum atomic E-state index is -0.814. The fourth-order valence-corrected chi connectivity index (χ4v) is 3.52. The molecule has 0 saturated heterocycles. The Bertz CT molecular complexity index is 797. The van der Waals surface area contributed by atoms with Crippen LogP contribution >= 0.6 is 0 Å². The van der Waals surface area contributed by atoms with Gasteiger partial charge in [0, 0.05) is 17.8 Å². The van der Waals surface area contributed by atoms with Gasteiger partial charge in [0.15, 0.2) is 0 Å². The van der Waals surface area contributed by atoms with Gasteiger partial charge < -0.3 is 10.4 Å². The highest BCUT2D eigenvalue weighted by Crippen LogP contribution is 2.26. The number of hydrogen-bond acceptors (Lipinski definition) is 4. The van der Waals surface area contributed by atoms with Crippen molar-refractivity contribution in [1.82, 2.24) is 20.0 Å². The largest absolute Gasteiger partial charge is 0.480 e. The number of likely N-dealkylation sites (N-methyl/N-ethyl adjacent to an activating group) is 1. The summed E-state index contributed by atoms with van der Waals surface area (Å²) < 4.78 is 1.83. The van der Waals surface area contributed by atoms with Gasteiger partial charge in [-0.05, 0) is 31.9 Å². The van der Waals surface area contributed by atoms with E-state index in [2.05, 4.69) is 10.4 Å². The molecule has 27 heavy (non-hydrogen) atoms. The van der Waals surface area contributed by atoms with Gasteiger partial charge in [0.25, 0.3) is 5.91 Å². The first-order chi connectivity index (χ1) is 13.0. The normalized spacial score (nSPS) is 18.9. The maximum absolute atomic E-state index is 12.6. The van der Waals surface area contributed by atoms with Gasteiger partial charge in [0.1, 0.15) is 0 Å². The van der Waals surface area contributed by atoms with E-state index >= 15 is 0 Å². The average Bonchev–Trinajstić information content (AvgIpc) is 2.97. The Labute approximate surface area is 159 Å². The van der Waals surface area contributed by atoms with Gasteiger partial charge in [-0.15, -0.1) is 0 Å². The molecule has 144 valence electrons. The summed E-state index contributed by atoms with van der Waals surface area (Å²) >= 11 is 0. The van der Waals surface area contributed by atoms with Crippen molar-refractivity contribution in [2.24, 2.45) is 0 Å². The molecule has 1 saturated carbocycles. The number of aromatic nitrogens is 2. The Morgan fingerprint density at radius 1 is 1.30 bits per heavy atom. The van der Waals surface area contributed by atoms with Gasteiger partial charge in [-0.25, -0.2) is 0 Å². The summed E-state index contributed by atoms with van der Waals surface area (Å²) in [6, 6.07) is 10.3. The molecule has 0 atom stereocenters. The van der Waals surface area contributed by atoms with Crippen molar-refractivity contribution >= 4 is 11.9 Å². The molecule has 3 rings (SSSR count). The fraction of sp³-hybridized carbons (Fsp3) is 0.450. The van der Waals surface area contributed by atoms with Crippen LogP contribution in [0.5, 0.6) is 0 Å². The van der Waals surface area contributed by atoms with Gasteiger partial charge >= 0.3 is 5.97 Å². The predicted octanol–water partition coefficient (Wildman–Crippen LogP) is 1.91. The third-order valence-corrected chi connectivity index (χ3v) is 5.23. The van der Waals surface area contributed by atoms with E-state index < -0.39 is 5.97 Å². The van der Waals surface area contributed by atoms with Gasteiger partial charge in [-0.3, -0.25) is 19.2 Å². The van der Waals surface area contributed by atoms with E-state index in [1.807, 2.05) is 53.8 Å². The lowest BCUT2D eigenvalue weighted by Gasteiger charge is -2.42. The molecule has 7 heteroatoms. The number of amides is 1. The Hall–Kier alpha value is -2.67. The average molecular weight is 370 g/mol. The third-order valence-electron chi connectivity index (χ3n) is 5.23. The third kappa shape index (κ3) is 4.54. The summed E-state index contributed by atoms with van der Waals surface area (Å²) in [7, 11) is 0. The van der Waals surface area contributed by atoms with Crippen molar-refractivity contribution in [3.05, 3.63) is 53.3 Å². The number of carboxylic acids is 1. The topological polar surface area (TPSA) is 87.5 Å². The molecule has 1 amide bonds. The Balaban J connectivity index is 1.54. The molecule has 1 heterocycles. The molecule has 2 N–H and O–H groups in total. The van der Waals surface area contributed by atoms with Crippen LogP contribution in [-0.2, 0) is 11.3 Å². The first kappa shape index (κ1) is 19.1. The molecule has 0 unspecified atom stereocenters. The molecule has 1 aliphatic carbocycles. The smallest absolute Gasteiger partial charge is 0.317 e. The van der Waals surface area contributed by atoms with Crippen molar-refractivity contribution in [2.75, 3.05) is 13.1 Å². The molecule has 7 nitrogen and oxygen atoms in total. The van der Waals surface area contributed by atoms with Crippen LogP contribution in [0.2, 0.25) is 0 Å². The van der Waals surface area contributed by atoms with Crippen LogP contribution in [0.3, 0.4) is 0 Å². The molecule has 0 spiro atoms. The molecule has 2 aromatic rings. The van der Waals surface area contributed by atoms with E-state index in [0.717, 1.165) is 24.1 Å². The molecule has 1 aromatic carbocycles. The molecular weight excluding hydrogens is 344 g/mol. The number of carboxylic acid groups (broad SMARTS) is 1. The second-order valence-corrected chi connectivity index (χ2v) is 7.04. The standard InChI is InChI=1S/C20H26N4O3/c1-3-23(13-19(25)26)17-9-16(10-17)22-20(27)18-11-21-24(14(18)2)12-15-7-5-4-6-8-15/h4-8,11,16-17H,3,9-10,12-13H2,1-2H3,(H,22,27)(H,25,26). The van der Waals surface area contributed by atoms with E-state index in [-0.39, 0.29) is 24.5 Å². The van der Waals surface area contributed by atoms with Crippen LogP contribution in [0.25, 0.3) is 0 Å². The summed E-state index contributed by atoms with van der Waals surface area (Å²) in [5, 5.41) is 16.4. The maximum Gasteiger partial charge on any atom is 0.317 e. The lowest BCUT2D eigenvalue weighted by Crippen LogP contribution is -2.54.